The number of hydrogen-bond donors (Lipinski definition) is 0. The Hall–Kier alpha value is -0.280. The Balaban J connectivity index is 3.86. The molecule has 0 saturated carbocycles. The first-order chi connectivity index (χ1) is 5.91. The Morgan fingerprint density at radius 2 is 2.08 bits per heavy atom. The van der Waals surface area contributed by atoms with E-state index in [-0.39, 0.29) is 23.6 Å². The third-order valence-corrected chi connectivity index (χ3v) is 1.99. The van der Waals surface area contributed by atoms with Crippen LogP contribution in [0.3, 0.4) is 0 Å². The van der Waals surface area contributed by atoms with Gasteiger partial charge in [-0.1, -0.05) is 0 Å². The lowest BCUT2D eigenvalue weighted by Crippen LogP contribution is -2.30. The van der Waals surface area contributed by atoms with E-state index < -0.39 is 0 Å². The predicted octanol–water partition coefficient (Wildman–Crippen LogP) is 1.97. The summed E-state index contributed by atoms with van der Waals surface area (Å²) in [4.78, 5) is 10.8. The van der Waals surface area contributed by atoms with E-state index in [0.29, 0.717) is 6.42 Å². The van der Waals surface area contributed by atoms with Crippen molar-refractivity contribution in [2.45, 2.75) is 38.9 Å². The molecule has 3 nitrogen and oxygen atoms in total. The lowest BCUT2D eigenvalue weighted by atomic mass is 10.0. The van der Waals surface area contributed by atoms with Gasteiger partial charge in [0.05, 0.1) is 5.60 Å². The number of ether oxygens (including phenoxy) is 2. The smallest absolute Gasteiger partial charge is 0.321 e. The standard InChI is InChI=1S/C9H17ClO3/c1-7(13-8(11)6-10)5-9(2,3)12-4/h7H,5-6H2,1-4H3. The summed E-state index contributed by atoms with van der Waals surface area (Å²) >= 11 is 5.30. The summed E-state index contributed by atoms with van der Waals surface area (Å²) in [5, 5.41) is 0. The minimum Gasteiger partial charge on any atom is -0.462 e. The van der Waals surface area contributed by atoms with Crippen molar-refractivity contribution in [1.82, 2.24) is 0 Å². The van der Waals surface area contributed by atoms with Gasteiger partial charge in [-0.05, 0) is 20.8 Å². The summed E-state index contributed by atoms with van der Waals surface area (Å²) in [5.74, 6) is -0.487. The van der Waals surface area contributed by atoms with E-state index in [9.17, 15) is 4.79 Å². The average Bonchev–Trinajstić information content (AvgIpc) is 2.03. The molecule has 0 aliphatic carbocycles. The second-order valence-electron chi connectivity index (χ2n) is 3.60. The van der Waals surface area contributed by atoms with Gasteiger partial charge in [-0.15, -0.1) is 11.6 Å². The van der Waals surface area contributed by atoms with Gasteiger partial charge in [0.2, 0.25) is 0 Å². The Labute approximate surface area is 84.4 Å². The number of esters is 1. The third-order valence-electron chi connectivity index (χ3n) is 1.77. The van der Waals surface area contributed by atoms with Crippen molar-refractivity contribution in [1.29, 1.82) is 0 Å². The molecule has 0 saturated heterocycles. The average molecular weight is 209 g/mol. The normalized spacial score (nSPS) is 13.9. The van der Waals surface area contributed by atoms with Crippen molar-refractivity contribution in [2.75, 3.05) is 13.0 Å². The first kappa shape index (κ1) is 12.7. The first-order valence-electron chi connectivity index (χ1n) is 4.22. The fourth-order valence-electron chi connectivity index (χ4n) is 1.07. The number of carbonyl (C=O) groups is 1. The first-order valence-corrected chi connectivity index (χ1v) is 4.75. The van der Waals surface area contributed by atoms with Crippen LogP contribution in [-0.4, -0.2) is 30.7 Å². The van der Waals surface area contributed by atoms with Crippen LogP contribution >= 0.6 is 11.6 Å². The molecular formula is C9H17ClO3. The highest BCUT2D eigenvalue weighted by Gasteiger charge is 2.22. The van der Waals surface area contributed by atoms with Crippen LogP contribution in [0.4, 0.5) is 0 Å². The van der Waals surface area contributed by atoms with Crippen molar-refractivity contribution in [3.05, 3.63) is 0 Å². The predicted molar refractivity (Wildman–Crippen MR) is 52.0 cm³/mol. The zero-order chi connectivity index (χ0) is 10.5. The van der Waals surface area contributed by atoms with Crippen molar-refractivity contribution < 1.29 is 14.3 Å². The highest BCUT2D eigenvalue weighted by molar-refractivity contribution is 6.26. The molecule has 1 atom stereocenters. The van der Waals surface area contributed by atoms with Crippen LogP contribution in [0.1, 0.15) is 27.2 Å². The van der Waals surface area contributed by atoms with Crippen LogP contribution in [-0.2, 0) is 14.3 Å². The highest BCUT2D eigenvalue weighted by atomic mass is 35.5. The fraction of sp³-hybridized carbons (Fsp3) is 0.889. The molecule has 0 rings (SSSR count). The maximum atomic E-state index is 10.8. The van der Waals surface area contributed by atoms with Gasteiger partial charge in [-0.3, -0.25) is 4.79 Å². The number of hydrogen-bond acceptors (Lipinski definition) is 3. The molecule has 0 aromatic rings. The van der Waals surface area contributed by atoms with Gasteiger partial charge in [0, 0.05) is 13.5 Å². The highest BCUT2D eigenvalue weighted by Crippen LogP contribution is 2.17. The van der Waals surface area contributed by atoms with E-state index in [1.807, 2.05) is 20.8 Å². The Bertz CT molecular complexity index is 168. The van der Waals surface area contributed by atoms with Crippen molar-refractivity contribution >= 4 is 17.6 Å². The summed E-state index contributed by atoms with van der Waals surface area (Å²) in [5.41, 5.74) is -0.272. The third kappa shape index (κ3) is 5.88. The van der Waals surface area contributed by atoms with Gasteiger partial charge in [-0.25, -0.2) is 0 Å². The number of methoxy groups -OCH3 is 1. The van der Waals surface area contributed by atoms with E-state index in [1.165, 1.54) is 0 Å². The molecule has 0 heterocycles. The van der Waals surface area contributed by atoms with Gasteiger partial charge in [-0.2, -0.15) is 0 Å². The zero-order valence-corrected chi connectivity index (χ0v) is 9.35. The van der Waals surface area contributed by atoms with E-state index in [2.05, 4.69) is 0 Å². The maximum Gasteiger partial charge on any atom is 0.321 e. The van der Waals surface area contributed by atoms with Gasteiger partial charge in [0.15, 0.2) is 0 Å². The summed E-state index contributed by atoms with van der Waals surface area (Å²) in [7, 11) is 1.64. The van der Waals surface area contributed by atoms with Gasteiger partial charge >= 0.3 is 5.97 Å². The van der Waals surface area contributed by atoms with Crippen molar-refractivity contribution in [3.63, 3.8) is 0 Å². The monoisotopic (exact) mass is 208 g/mol. The number of carbonyl (C=O) groups excluding carboxylic acids is 1. The van der Waals surface area contributed by atoms with E-state index >= 15 is 0 Å². The van der Waals surface area contributed by atoms with Crippen molar-refractivity contribution in [3.8, 4) is 0 Å². The quantitative estimate of drug-likeness (QED) is 0.512. The molecule has 0 fully saturated rings. The Morgan fingerprint density at radius 1 is 1.54 bits per heavy atom. The molecule has 1 unspecified atom stereocenters. The van der Waals surface area contributed by atoms with Gasteiger partial charge in [0.1, 0.15) is 12.0 Å². The molecule has 4 heteroatoms. The van der Waals surface area contributed by atoms with Crippen LogP contribution in [0.25, 0.3) is 0 Å². The summed E-state index contributed by atoms with van der Waals surface area (Å²) in [6.45, 7) is 5.71. The molecule has 0 bridgehead atoms. The Kier molecular flexibility index (Phi) is 5.33. The van der Waals surface area contributed by atoms with Crippen LogP contribution in [0, 0.1) is 0 Å². The summed E-state index contributed by atoms with van der Waals surface area (Å²) < 4.78 is 10.2. The fourth-order valence-corrected chi connectivity index (χ4v) is 1.14. The topological polar surface area (TPSA) is 35.5 Å². The summed E-state index contributed by atoms with van der Waals surface area (Å²) in [6.07, 6.45) is 0.493. The van der Waals surface area contributed by atoms with Crippen LogP contribution in [0.5, 0.6) is 0 Å². The lowest BCUT2D eigenvalue weighted by molar-refractivity contribution is -0.147. The Morgan fingerprint density at radius 3 is 2.46 bits per heavy atom. The lowest BCUT2D eigenvalue weighted by Gasteiger charge is -2.26. The minimum absolute atomic E-state index is 0.0995. The van der Waals surface area contributed by atoms with Crippen LogP contribution in [0.15, 0.2) is 0 Å². The molecule has 0 radical (unpaired) electrons. The van der Waals surface area contributed by atoms with Gasteiger partial charge < -0.3 is 9.47 Å². The SMILES string of the molecule is COC(C)(C)CC(C)OC(=O)CCl. The molecule has 0 aliphatic rings. The van der Waals surface area contributed by atoms with E-state index in [4.69, 9.17) is 21.1 Å². The number of rotatable bonds is 5. The number of alkyl halides is 1. The van der Waals surface area contributed by atoms with Crippen LogP contribution < -0.4 is 0 Å². The molecular weight excluding hydrogens is 192 g/mol. The molecule has 0 aliphatic heterocycles. The molecule has 0 aromatic heterocycles. The number of halogens is 1. The molecule has 0 N–H and O–H groups in total. The van der Waals surface area contributed by atoms with E-state index in [0.717, 1.165) is 0 Å². The molecule has 0 amide bonds. The second kappa shape index (κ2) is 5.45. The summed E-state index contributed by atoms with van der Waals surface area (Å²) in [6, 6.07) is 0. The largest absolute Gasteiger partial charge is 0.462 e. The van der Waals surface area contributed by atoms with Crippen LogP contribution in [0.2, 0.25) is 0 Å². The van der Waals surface area contributed by atoms with E-state index in [1.54, 1.807) is 7.11 Å². The maximum absolute atomic E-state index is 10.8. The molecule has 0 aromatic carbocycles. The molecule has 0 spiro atoms. The molecule has 13 heavy (non-hydrogen) atoms. The second-order valence-corrected chi connectivity index (χ2v) is 3.87. The minimum atomic E-state index is -0.388. The van der Waals surface area contributed by atoms with Crippen molar-refractivity contribution in [2.24, 2.45) is 0 Å². The molecule has 78 valence electrons. The van der Waals surface area contributed by atoms with Gasteiger partial charge in [0.25, 0.3) is 0 Å². The zero-order valence-electron chi connectivity index (χ0n) is 8.59.